The summed E-state index contributed by atoms with van der Waals surface area (Å²) in [5.74, 6) is 0.311. The van der Waals surface area contributed by atoms with Gasteiger partial charge in [-0.15, -0.1) is 0 Å². The first-order valence-electron chi connectivity index (χ1n) is 5.86. The number of rotatable bonds is 7. The van der Waals surface area contributed by atoms with Gasteiger partial charge in [0.25, 0.3) is 11.6 Å². The number of amides is 1. The van der Waals surface area contributed by atoms with Crippen LogP contribution in [-0.4, -0.2) is 45.6 Å². The minimum absolute atomic E-state index is 0.110. The Kier molecular flexibility index (Phi) is 6.04. The molecule has 20 heavy (non-hydrogen) atoms. The lowest BCUT2D eigenvalue weighted by molar-refractivity contribution is -0.385. The van der Waals surface area contributed by atoms with Crippen LogP contribution in [0.2, 0.25) is 0 Å². The summed E-state index contributed by atoms with van der Waals surface area (Å²) in [5, 5.41) is 16.0. The molecule has 0 aliphatic rings. The standard InChI is InChI=1S/C11H16N4O4S/c1-12-10-9(6-8(7-14-10)15(17)18)11(16)13-4-3-5-20(2)19/h6-7H,3-5H2,1-2H3,(H,12,14)(H,13,16). The number of nitrogens with one attached hydrogen (secondary N) is 2. The molecule has 8 nitrogen and oxygen atoms in total. The monoisotopic (exact) mass is 300 g/mol. The van der Waals surface area contributed by atoms with Crippen molar-refractivity contribution in [3.05, 3.63) is 27.9 Å². The molecule has 110 valence electrons. The number of aromatic nitrogens is 1. The summed E-state index contributed by atoms with van der Waals surface area (Å²) < 4.78 is 10.9. The maximum absolute atomic E-state index is 12.0. The van der Waals surface area contributed by atoms with Crippen molar-refractivity contribution < 1.29 is 13.9 Å². The molecule has 1 rings (SSSR count). The van der Waals surface area contributed by atoms with Gasteiger partial charge in [-0.05, 0) is 6.42 Å². The molecule has 0 spiro atoms. The van der Waals surface area contributed by atoms with Crippen LogP contribution in [0.3, 0.4) is 0 Å². The zero-order chi connectivity index (χ0) is 15.1. The van der Waals surface area contributed by atoms with Crippen LogP contribution in [0, 0.1) is 10.1 Å². The summed E-state index contributed by atoms with van der Waals surface area (Å²) in [6.07, 6.45) is 3.25. The Morgan fingerprint density at radius 3 is 2.80 bits per heavy atom. The molecule has 0 aliphatic carbocycles. The predicted octanol–water partition coefficient (Wildman–Crippen LogP) is 0.530. The molecule has 1 amide bonds. The fraction of sp³-hybridized carbons (Fsp3) is 0.455. The molecule has 0 radical (unpaired) electrons. The van der Waals surface area contributed by atoms with E-state index in [-0.39, 0.29) is 17.1 Å². The van der Waals surface area contributed by atoms with Crippen molar-refractivity contribution in [3.63, 3.8) is 0 Å². The smallest absolute Gasteiger partial charge is 0.288 e. The average Bonchev–Trinajstić information content (AvgIpc) is 2.42. The zero-order valence-corrected chi connectivity index (χ0v) is 12.0. The highest BCUT2D eigenvalue weighted by Crippen LogP contribution is 2.18. The van der Waals surface area contributed by atoms with E-state index < -0.39 is 21.6 Å². The number of anilines is 1. The largest absolute Gasteiger partial charge is 0.372 e. The van der Waals surface area contributed by atoms with E-state index in [9.17, 15) is 19.1 Å². The van der Waals surface area contributed by atoms with Crippen molar-refractivity contribution in [2.45, 2.75) is 6.42 Å². The molecule has 0 aromatic carbocycles. The van der Waals surface area contributed by atoms with Crippen LogP contribution < -0.4 is 10.6 Å². The van der Waals surface area contributed by atoms with Gasteiger partial charge in [-0.3, -0.25) is 19.1 Å². The first-order valence-corrected chi connectivity index (χ1v) is 7.59. The summed E-state index contributed by atoms with van der Waals surface area (Å²) in [6, 6.07) is 1.17. The van der Waals surface area contributed by atoms with Crippen LogP contribution in [-0.2, 0) is 10.8 Å². The van der Waals surface area contributed by atoms with Gasteiger partial charge in [0.15, 0.2) is 0 Å². The van der Waals surface area contributed by atoms with Crippen molar-refractivity contribution in [3.8, 4) is 0 Å². The Morgan fingerprint density at radius 1 is 1.55 bits per heavy atom. The lowest BCUT2D eigenvalue weighted by Gasteiger charge is -2.08. The molecule has 1 heterocycles. The lowest BCUT2D eigenvalue weighted by Crippen LogP contribution is -2.26. The van der Waals surface area contributed by atoms with E-state index in [1.165, 1.54) is 6.07 Å². The van der Waals surface area contributed by atoms with E-state index in [0.717, 1.165) is 6.20 Å². The van der Waals surface area contributed by atoms with Crippen LogP contribution in [0.1, 0.15) is 16.8 Å². The summed E-state index contributed by atoms with van der Waals surface area (Å²) >= 11 is 0. The molecule has 2 N–H and O–H groups in total. The highest BCUT2D eigenvalue weighted by molar-refractivity contribution is 7.84. The molecule has 0 saturated carbocycles. The Hall–Kier alpha value is -2.03. The van der Waals surface area contributed by atoms with Crippen molar-refractivity contribution in [1.29, 1.82) is 0 Å². The summed E-state index contributed by atoms with van der Waals surface area (Å²) in [4.78, 5) is 25.9. The topological polar surface area (TPSA) is 114 Å². The Balaban J connectivity index is 2.77. The minimum atomic E-state index is -0.906. The van der Waals surface area contributed by atoms with Gasteiger partial charge in [-0.25, -0.2) is 4.98 Å². The quantitative estimate of drug-likeness (QED) is 0.431. The van der Waals surface area contributed by atoms with Gasteiger partial charge in [-0.2, -0.15) is 0 Å². The number of nitrogens with zero attached hydrogens (tertiary/aromatic N) is 2. The Labute approximate surface area is 118 Å². The van der Waals surface area contributed by atoms with Gasteiger partial charge >= 0.3 is 0 Å². The number of carbonyl (C=O) groups excluding carboxylic acids is 1. The van der Waals surface area contributed by atoms with Crippen LogP contribution in [0.25, 0.3) is 0 Å². The molecular weight excluding hydrogens is 284 g/mol. The maximum atomic E-state index is 12.0. The highest BCUT2D eigenvalue weighted by atomic mass is 32.2. The van der Waals surface area contributed by atoms with Crippen LogP contribution in [0.15, 0.2) is 12.3 Å². The second kappa shape index (κ2) is 7.53. The molecular formula is C11H16N4O4S. The third kappa shape index (κ3) is 4.57. The molecule has 1 aromatic heterocycles. The number of hydrogen-bond acceptors (Lipinski definition) is 6. The van der Waals surface area contributed by atoms with E-state index >= 15 is 0 Å². The van der Waals surface area contributed by atoms with Crippen molar-refractivity contribution >= 4 is 28.2 Å². The van der Waals surface area contributed by atoms with E-state index in [1.54, 1.807) is 13.3 Å². The van der Waals surface area contributed by atoms with Gasteiger partial charge in [0.05, 0.1) is 10.5 Å². The van der Waals surface area contributed by atoms with E-state index in [1.807, 2.05) is 0 Å². The van der Waals surface area contributed by atoms with Gasteiger partial charge in [-0.1, -0.05) is 0 Å². The normalized spacial score (nSPS) is 11.7. The third-order valence-electron chi connectivity index (χ3n) is 2.46. The van der Waals surface area contributed by atoms with Crippen LogP contribution in [0.4, 0.5) is 11.5 Å². The van der Waals surface area contributed by atoms with Crippen LogP contribution in [0.5, 0.6) is 0 Å². The number of nitro groups is 1. The van der Waals surface area contributed by atoms with E-state index in [0.29, 0.717) is 18.7 Å². The van der Waals surface area contributed by atoms with E-state index in [4.69, 9.17) is 0 Å². The first-order chi connectivity index (χ1) is 9.45. The van der Waals surface area contributed by atoms with Gasteiger partial charge in [0.2, 0.25) is 0 Å². The predicted molar refractivity (Wildman–Crippen MR) is 76.3 cm³/mol. The lowest BCUT2D eigenvalue weighted by atomic mass is 10.2. The van der Waals surface area contributed by atoms with Crippen LogP contribution >= 0.6 is 0 Å². The average molecular weight is 300 g/mol. The fourth-order valence-electron chi connectivity index (χ4n) is 1.50. The second-order valence-electron chi connectivity index (χ2n) is 3.98. The zero-order valence-electron chi connectivity index (χ0n) is 11.2. The highest BCUT2D eigenvalue weighted by Gasteiger charge is 2.17. The Bertz CT molecular complexity index is 535. The summed E-state index contributed by atoms with van der Waals surface area (Å²) in [6.45, 7) is 0.351. The van der Waals surface area contributed by atoms with Crippen molar-refractivity contribution in [2.24, 2.45) is 0 Å². The number of carbonyl (C=O) groups is 1. The molecule has 0 bridgehead atoms. The SMILES string of the molecule is CNc1ncc([N+](=O)[O-])cc1C(=O)NCCCS(C)=O. The Morgan fingerprint density at radius 2 is 2.25 bits per heavy atom. The minimum Gasteiger partial charge on any atom is -0.372 e. The summed E-state index contributed by atoms with van der Waals surface area (Å²) in [5.41, 5.74) is -0.136. The molecule has 0 saturated heterocycles. The number of pyridine rings is 1. The fourth-order valence-corrected chi connectivity index (χ4v) is 2.05. The molecule has 1 aromatic rings. The first kappa shape index (κ1) is 16.0. The molecule has 1 atom stereocenters. The van der Waals surface area contributed by atoms with Gasteiger partial charge in [0, 0.05) is 42.5 Å². The maximum Gasteiger partial charge on any atom is 0.288 e. The van der Waals surface area contributed by atoms with E-state index in [2.05, 4.69) is 15.6 Å². The summed E-state index contributed by atoms with van der Waals surface area (Å²) in [7, 11) is 0.669. The van der Waals surface area contributed by atoms with Gasteiger partial charge in [0.1, 0.15) is 12.0 Å². The third-order valence-corrected chi connectivity index (χ3v) is 3.32. The van der Waals surface area contributed by atoms with Gasteiger partial charge < -0.3 is 10.6 Å². The molecule has 9 heteroatoms. The van der Waals surface area contributed by atoms with Crippen molar-refractivity contribution in [2.75, 3.05) is 30.9 Å². The molecule has 1 unspecified atom stereocenters. The van der Waals surface area contributed by atoms with Crippen molar-refractivity contribution in [1.82, 2.24) is 10.3 Å². The molecule has 0 fully saturated rings. The number of hydrogen-bond donors (Lipinski definition) is 2. The molecule has 0 aliphatic heterocycles. The second-order valence-corrected chi connectivity index (χ2v) is 5.54.